The summed E-state index contributed by atoms with van der Waals surface area (Å²) in [6.07, 6.45) is 2.42. The zero-order chi connectivity index (χ0) is 15.5. The van der Waals surface area contributed by atoms with Crippen molar-refractivity contribution in [2.24, 2.45) is 12.2 Å². The van der Waals surface area contributed by atoms with E-state index in [0.717, 1.165) is 5.56 Å². The van der Waals surface area contributed by atoms with Gasteiger partial charge in [-0.2, -0.15) is 0 Å². The van der Waals surface area contributed by atoms with Crippen LogP contribution in [-0.2, 0) is 23.5 Å². The Labute approximate surface area is 123 Å². The van der Waals surface area contributed by atoms with Gasteiger partial charge in [0.25, 0.3) is 5.91 Å². The summed E-state index contributed by atoms with van der Waals surface area (Å²) < 4.78 is 24.0. The summed E-state index contributed by atoms with van der Waals surface area (Å²) in [6.45, 7) is 0.471. The van der Waals surface area contributed by atoms with E-state index >= 15 is 0 Å². The smallest absolute Gasteiger partial charge is 0.267 e. The quantitative estimate of drug-likeness (QED) is 0.849. The average Bonchev–Trinajstić information content (AvgIpc) is 2.84. The molecule has 0 aliphatic rings. The van der Waals surface area contributed by atoms with Crippen LogP contribution in [0.15, 0.2) is 47.5 Å². The Kier molecular flexibility index (Phi) is 4.44. The van der Waals surface area contributed by atoms with E-state index in [1.165, 1.54) is 12.1 Å². The number of primary sulfonamides is 1. The van der Waals surface area contributed by atoms with Gasteiger partial charge in [-0.05, 0) is 36.2 Å². The number of amides is 1. The molecule has 21 heavy (non-hydrogen) atoms. The van der Waals surface area contributed by atoms with E-state index in [2.05, 4.69) is 5.32 Å². The molecule has 0 radical (unpaired) electrons. The Morgan fingerprint density at radius 3 is 2.43 bits per heavy atom. The van der Waals surface area contributed by atoms with Crippen LogP contribution in [-0.4, -0.2) is 25.4 Å². The number of sulfonamides is 1. The van der Waals surface area contributed by atoms with Crippen LogP contribution in [0.25, 0.3) is 0 Å². The number of benzene rings is 1. The summed E-state index contributed by atoms with van der Waals surface area (Å²) in [6, 6.07) is 9.85. The summed E-state index contributed by atoms with van der Waals surface area (Å²) in [7, 11) is -1.85. The van der Waals surface area contributed by atoms with Gasteiger partial charge in [0.2, 0.25) is 10.0 Å². The SMILES string of the molecule is Cn1cccc1C(=O)NCCc1ccc(S(N)(=O)=O)cc1. The standard InChI is InChI=1S/C14H17N3O3S/c1-17-10-2-3-13(17)14(18)16-9-8-11-4-6-12(7-5-11)21(15,19)20/h2-7,10H,8-9H2,1H3,(H,16,18)(H2,15,19,20). The fourth-order valence-electron chi connectivity index (χ4n) is 1.95. The molecule has 6 nitrogen and oxygen atoms in total. The molecule has 7 heteroatoms. The fourth-order valence-corrected chi connectivity index (χ4v) is 2.47. The first-order chi connectivity index (χ1) is 9.88. The molecule has 0 saturated carbocycles. The predicted molar refractivity (Wildman–Crippen MR) is 79.3 cm³/mol. The third-order valence-electron chi connectivity index (χ3n) is 3.13. The van der Waals surface area contributed by atoms with Crippen LogP contribution in [0.5, 0.6) is 0 Å². The minimum atomic E-state index is -3.66. The van der Waals surface area contributed by atoms with Crippen molar-refractivity contribution in [1.29, 1.82) is 0 Å². The number of hydrogen-bond acceptors (Lipinski definition) is 3. The molecule has 0 bridgehead atoms. The van der Waals surface area contributed by atoms with Crippen LogP contribution >= 0.6 is 0 Å². The summed E-state index contributed by atoms with van der Waals surface area (Å²) in [4.78, 5) is 12.0. The molecule has 0 spiro atoms. The molecule has 112 valence electrons. The van der Waals surface area contributed by atoms with E-state index in [1.54, 1.807) is 42.1 Å². The Morgan fingerprint density at radius 1 is 1.24 bits per heavy atom. The third kappa shape index (κ3) is 3.93. The third-order valence-corrected chi connectivity index (χ3v) is 4.06. The predicted octanol–water partition coefficient (Wildman–Crippen LogP) is 0.645. The molecule has 1 heterocycles. The fraction of sp³-hybridized carbons (Fsp3) is 0.214. The molecular formula is C14H17N3O3S. The lowest BCUT2D eigenvalue weighted by Gasteiger charge is -2.06. The largest absolute Gasteiger partial charge is 0.350 e. The van der Waals surface area contributed by atoms with E-state index in [0.29, 0.717) is 18.7 Å². The number of carbonyl (C=O) groups excluding carboxylic acids is 1. The van der Waals surface area contributed by atoms with Gasteiger partial charge in [0, 0.05) is 19.8 Å². The van der Waals surface area contributed by atoms with Crippen LogP contribution in [0.2, 0.25) is 0 Å². The van der Waals surface area contributed by atoms with E-state index in [1.807, 2.05) is 0 Å². The van der Waals surface area contributed by atoms with Crippen molar-refractivity contribution in [1.82, 2.24) is 9.88 Å². The van der Waals surface area contributed by atoms with Crippen molar-refractivity contribution in [3.8, 4) is 0 Å². The highest BCUT2D eigenvalue weighted by molar-refractivity contribution is 7.89. The monoisotopic (exact) mass is 307 g/mol. The lowest BCUT2D eigenvalue weighted by molar-refractivity contribution is 0.0946. The molecule has 0 aliphatic carbocycles. The molecule has 0 saturated heterocycles. The van der Waals surface area contributed by atoms with Gasteiger partial charge in [0.05, 0.1) is 4.90 Å². The van der Waals surface area contributed by atoms with Crippen LogP contribution < -0.4 is 10.5 Å². The second-order valence-corrected chi connectivity index (χ2v) is 6.26. The van der Waals surface area contributed by atoms with Gasteiger partial charge in [-0.1, -0.05) is 12.1 Å². The molecule has 1 aromatic heterocycles. The normalized spacial score (nSPS) is 11.3. The molecule has 1 aromatic carbocycles. The number of nitrogens with zero attached hydrogens (tertiary/aromatic N) is 1. The van der Waals surface area contributed by atoms with Gasteiger partial charge >= 0.3 is 0 Å². The van der Waals surface area contributed by atoms with Crippen molar-refractivity contribution < 1.29 is 13.2 Å². The lowest BCUT2D eigenvalue weighted by atomic mass is 10.1. The molecule has 0 unspecified atom stereocenters. The van der Waals surface area contributed by atoms with Crippen molar-refractivity contribution >= 4 is 15.9 Å². The Morgan fingerprint density at radius 2 is 1.90 bits per heavy atom. The maximum Gasteiger partial charge on any atom is 0.267 e. The molecule has 0 atom stereocenters. The van der Waals surface area contributed by atoms with Crippen molar-refractivity contribution in [3.05, 3.63) is 53.9 Å². The lowest BCUT2D eigenvalue weighted by Crippen LogP contribution is -2.27. The number of carbonyl (C=O) groups is 1. The van der Waals surface area contributed by atoms with Crippen LogP contribution in [0.1, 0.15) is 16.1 Å². The summed E-state index contributed by atoms with van der Waals surface area (Å²) in [5, 5.41) is 7.84. The first-order valence-electron chi connectivity index (χ1n) is 6.39. The average molecular weight is 307 g/mol. The van der Waals surface area contributed by atoms with Gasteiger partial charge < -0.3 is 9.88 Å². The van der Waals surface area contributed by atoms with E-state index in [4.69, 9.17) is 5.14 Å². The second-order valence-electron chi connectivity index (χ2n) is 4.70. The van der Waals surface area contributed by atoms with Gasteiger partial charge in [-0.3, -0.25) is 4.79 Å². The van der Waals surface area contributed by atoms with Gasteiger partial charge in [-0.25, -0.2) is 13.6 Å². The van der Waals surface area contributed by atoms with Crippen LogP contribution in [0.4, 0.5) is 0 Å². The molecular weight excluding hydrogens is 290 g/mol. The summed E-state index contributed by atoms with van der Waals surface area (Å²) >= 11 is 0. The summed E-state index contributed by atoms with van der Waals surface area (Å²) in [5.41, 5.74) is 1.52. The van der Waals surface area contributed by atoms with Crippen molar-refractivity contribution in [3.63, 3.8) is 0 Å². The molecule has 0 aliphatic heterocycles. The number of aryl methyl sites for hydroxylation is 1. The molecule has 1 amide bonds. The van der Waals surface area contributed by atoms with Crippen LogP contribution in [0, 0.1) is 0 Å². The minimum absolute atomic E-state index is 0.0825. The maximum atomic E-state index is 11.9. The zero-order valence-electron chi connectivity index (χ0n) is 11.6. The van der Waals surface area contributed by atoms with Crippen LogP contribution in [0.3, 0.4) is 0 Å². The number of aromatic nitrogens is 1. The minimum Gasteiger partial charge on any atom is -0.350 e. The number of nitrogens with one attached hydrogen (secondary N) is 1. The highest BCUT2D eigenvalue weighted by Crippen LogP contribution is 2.09. The van der Waals surface area contributed by atoms with E-state index in [-0.39, 0.29) is 10.8 Å². The van der Waals surface area contributed by atoms with Gasteiger partial charge in [0.1, 0.15) is 5.69 Å². The zero-order valence-corrected chi connectivity index (χ0v) is 12.4. The highest BCUT2D eigenvalue weighted by Gasteiger charge is 2.09. The molecule has 0 fully saturated rings. The van der Waals surface area contributed by atoms with Crippen molar-refractivity contribution in [2.75, 3.05) is 6.54 Å². The second kappa shape index (κ2) is 6.11. The number of nitrogens with two attached hydrogens (primary N) is 1. The molecule has 2 aromatic rings. The Balaban J connectivity index is 1.89. The first-order valence-corrected chi connectivity index (χ1v) is 7.94. The topological polar surface area (TPSA) is 94.2 Å². The number of hydrogen-bond donors (Lipinski definition) is 2. The van der Waals surface area contributed by atoms with E-state index < -0.39 is 10.0 Å². The van der Waals surface area contributed by atoms with Gasteiger partial charge in [0.15, 0.2) is 0 Å². The Hall–Kier alpha value is -2.12. The highest BCUT2D eigenvalue weighted by atomic mass is 32.2. The molecule has 3 N–H and O–H groups in total. The van der Waals surface area contributed by atoms with E-state index in [9.17, 15) is 13.2 Å². The summed E-state index contributed by atoms with van der Waals surface area (Å²) in [5.74, 6) is -0.136. The number of rotatable bonds is 5. The maximum absolute atomic E-state index is 11.9. The van der Waals surface area contributed by atoms with Gasteiger partial charge in [-0.15, -0.1) is 0 Å². The Bertz CT molecular complexity index is 733. The first kappa shape index (κ1) is 15.3. The molecule has 2 rings (SSSR count). The van der Waals surface area contributed by atoms with Crippen molar-refractivity contribution in [2.45, 2.75) is 11.3 Å².